The summed E-state index contributed by atoms with van der Waals surface area (Å²) in [6, 6.07) is 9.92. The highest BCUT2D eigenvalue weighted by Gasteiger charge is 2.37. The maximum atomic E-state index is 12.0. The number of carbonyl (C=O) groups is 2. The van der Waals surface area contributed by atoms with E-state index in [4.69, 9.17) is 4.52 Å². The molecule has 2 N–H and O–H groups in total. The van der Waals surface area contributed by atoms with Crippen molar-refractivity contribution >= 4 is 11.9 Å². The molecule has 2 rings (SSSR count). The van der Waals surface area contributed by atoms with Crippen molar-refractivity contribution in [3.8, 4) is 0 Å². The molecule has 1 unspecified atom stereocenters. The lowest BCUT2D eigenvalue weighted by Gasteiger charge is -2.26. The Kier molecular flexibility index (Phi) is 3.56. The highest BCUT2D eigenvalue weighted by Crippen LogP contribution is 2.21. The van der Waals surface area contributed by atoms with Crippen molar-refractivity contribution in [2.24, 2.45) is 0 Å². The first-order valence-electron chi connectivity index (χ1n) is 5.98. The molecule has 1 atom stereocenters. The van der Waals surface area contributed by atoms with Crippen LogP contribution in [0.3, 0.4) is 0 Å². The van der Waals surface area contributed by atoms with Crippen molar-refractivity contribution in [1.29, 1.82) is 0 Å². The number of hydrogen-bond donors (Lipinski definition) is 2. The van der Waals surface area contributed by atoms with Crippen LogP contribution in [0.15, 0.2) is 40.9 Å². The molecule has 6 heteroatoms. The number of benzene rings is 1. The predicted octanol–water partition coefficient (Wildman–Crippen LogP) is 1.71. The molecule has 0 aliphatic heterocycles. The number of hydrogen-bond acceptors (Lipinski definition) is 4. The first-order chi connectivity index (χ1) is 9.43. The van der Waals surface area contributed by atoms with Gasteiger partial charge >= 0.3 is 5.97 Å². The molecule has 104 valence electrons. The summed E-state index contributed by atoms with van der Waals surface area (Å²) in [6.45, 7) is 3.10. The summed E-state index contributed by atoms with van der Waals surface area (Å²) in [5.74, 6) is -1.81. The van der Waals surface area contributed by atoms with E-state index in [1.54, 1.807) is 37.3 Å². The molecule has 1 aromatic carbocycles. The summed E-state index contributed by atoms with van der Waals surface area (Å²) in [5.41, 5.74) is -0.525. The Morgan fingerprint density at radius 3 is 2.45 bits per heavy atom. The van der Waals surface area contributed by atoms with E-state index in [1.165, 1.54) is 13.0 Å². The lowest BCUT2D eigenvalue weighted by Crippen LogP contribution is -2.49. The van der Waals surface area contributed by atoms with E-state index in [0.717, 1.165) is 0 Å². The number of amides is 1. The molecule has 1 aromatic heterocycles. The SMILES string of the molecule is Cc1cc(C(=O)NC(C)(C(=O)O)c2ccccc2)on1. The van der Waals surface area contributed by atoms with Gasteiger partial charge in [0, 0.05) is 6.07 Å². The average Bonchev–Trinajstić information content (AvgIpc) is 2.86. The van der Waals surface area contributed by atoms with E-state index >= 15 is 0 Å². The van der Waals surface area contributed by atoms with Gasteiger partial charge in [0.25, 0.3) is 5.91 Å². The number of carboxylic acid groups (broad SMARTS) is 1. The fraction of sp³-hybridized carbons (Fsp3) is 0.214. The first kappa shape index (κ1) is 13.8. The third-order valence-electron chi connectivity index (χ3n) is 2.99. The second-order valence-corrected chi connectivity index (χ2v) is 4.58. The van der Waals surface area contributed by atoms with Crippen molar-refractivity contribution < 1.29 is 19.2 Å². The van der Waals surface area contributed by atoms with Crippen LogP contribution in [0.25, 0.3) is 0 Å². The topological polar surface area (TPSA) is 92.4 Å². The van der Waals surface area contributed by atoms with Gasteiger partial charge in [0.1, 0.15) is 0 Å². The maximum absolute atomic E-state index is 12.0. The summed E-state index contributed by atoms with van der Waals surface area (Å²) in [4.78, 5) is 23.6. The number of rotatable bonds is 4. The van der Waals surface area contributed by atoms with Crippen LogP contribution in [-0.4, -0.2) is 22.1 Å². The third kappa shape index (κ3) is 2.54. The van der Waals surface area contributed by atoms with Crippen molar-refractivity contribution in [1.82, 2.24) is 10.5 Å². The molecule has 0 saturated carbocycles. The number of carboxylic acids is 1. The van der Waals surface area contributed by atoms with Gasteiger partial charge in [-0.3, -0.25) is 4.79 Å². The highest BCUT2D eigenvalue weighted by atomic mass is 16.5. The fourth-order valence-electron chi connectivity index (χ4n) is 1.78. The van der Waals surface area contributed by atoms with E-state index < -0.39 is 17.4 Å². The molecule has 1 amide bonds. The minimum absolute atomic E-state index is 0.0223. The zero-order valence-corrected chi connectivity index (χ0v) is 11.1. The Bertz CT molecular complexity index is 636. The van der Waals surface area contributed by atoms with E-state index in [0.29, 0.717) is 11.3 Å². The van der Waals surface area contributed by atoms with Crippen LogP contribution in [0.1, 0.15) is 28.7 Å². The monoisotopic (exact) mass is 274 g/mol. The van der Waals surface area contributed by atoms with E-state index in [1.807, 2.05) is 0 Å². The van der Waals surface area contributed by atoms with Gasteiger partial charge in [-0.1, -0.05) is 35.5 Å². The Morgan fingerprint density at radius 2 is 1.95 bits per heavy atom. The minimum atomic E-state index is -1.54. The van der Waals surface area contributed by atoms with Gasteiger partial charge in [0.2, 0.25) is 5.76 Å². The number of nitrogens with zero attached hydrogens (tertiary/aromatic N) is 1. The molecule has 0 bridgehead atoms. The van der Waals surface area contributed by atoms with E-state index in [2.05, 4.69) is 10.5 Å². The zero-order chi connectivity index (χ0) is 14.8. The molecule has 0 aliphatic rings. The first-order valence-corrected chi connectivity index (χ1v) is 5.98. The van der Waals surface area contributed by atoms with E-state index in [-0.39, 0.29) is 5.76 Å². The second kappa shape index (κ2) is 5.16. The van der Waals surface area contributed by atoms with E-state index in [9.17, 15) is 14.7 Å². The third-order valence-corrected chi connectivity index (χ3v) is 2.99. The molecule has 1 heterocycles. The van der Waals surface area contributed by atoms with Crippen LogP contribution < -0.4 is 5.32 Å². The lowest BCUT2D eigenvalue weighted by atomic mass is 9.92. The van der Waals surface area contributed by atoms with Gasteiger partial charge < -0.3 is 14.9 Å². The zero-order valence-electron chi connectivity index (χ0n) is 11.1. The van der Waals surface area contributed by atoms with Gasteiger partial charge in [0.05, 0.1) is 5.69 Å². The Hall–Kier alpha value is -2.63. The molecule has 0 radical (unpaired) electrons. The minimum Gasteiger partial charge on any atom is -0.479 e. The predicted molar refractivity (Wildman–Crippen MR) is 70.1 cm³/mol. The molecular formula is C14H14N2O4. The average molecular weight is 274 g/mol. The van der Waals surface area contributed by atoms with Gasteiger partial charge in [-0.2, -0.15) is 0 Å². The lowest BCUT2D eigenvalue weighted by molar-refractivity contribution is -0.144. The molecule has 0 aliphatic carbocycles. The van der Waals surface area contributed by atoms with Crippen molar-refractivity contribution in [3.63, 3.8) is 0 Å². The second-order valence-electron chi connectivity index (χ2n) is 4.58. The van der Waals surface area contributed by atoms with Crippen LogP contribution in [0.4, 0.5) is 0 Å². The van der Waals surface area contributed by atoms with Crippen LogP contribution >= 0.6 is 0 Å². The smallest absolute Gasteiger partial charge is 0.333 e. The Balaban J connectivity index is 2.31. The molecule has 0 spiro atoms. The summed E-state index contributed by atoms with van der Waals surface area (Å²) in [5, 5.41) is 15.5. The molecule has 0 fully saturated rings. The van der Waals surface area contributed by atoms with Crippen molar-refractivity contribution in [3.05, 3.63) is 53.4 Å². The Morgan fingerprint density at radius 1 is 1.30 bits per heavy atom. The summed E-state index contributed by atoms with van der Waals surface area (Å²) in [7, 11) is 0. The summed E-state index contributed by atoms with van der Waals surface area (Å²) >= 11 is 0. The fourth-order valence-corrected chi connectivity index (χ4v) is 1.78. The molecular weight excluding hydrogens is 260 g/mol. The number of carbonyl (C=O) groups excluding carboxylic acids is 1. The van der Waals surface area contributed by atoms with Crippen LogP contribution in [0.5, 0.6) is 0 Å². The van der Waals surface area contributed by atoms with Crippen LogP contribution in [-0.2, 0) is 10.3 Å². The normalized spacial score (nSPS) is 13.5. The van der Waals surface area contributed by atoms with Gasteiger partial charge in [-0.15, -0.1) is 0 Å². The molecule has 2 aromatic rings. The summed E-state index contributed by atoms with van der Waals surface area (Å²) in [6.07, 6.45) is 0. The standard InChI is InChI=1S/C14H14N2O4/c1-9-8-11(20-16-9)12(17)15-14(2,13(18)19)10-6-4-3-5-7-10/h3-8H,1-2H3,(H,15,17)(H,18,19). The van der Waals surface area contributed by atoms with Crippen molar-refractivity contribution in [2.75, 3.05) is 0 Å². The van der Waals surface area contributed by atoms with Crippen LogP contribution in [0.2, 0.25) is 0 Å². The number of aryl methyl sites for hydroxylation is 1. The van der Waals surface area contributed by atoms with Gasteiger partial charge in [0.15, 0.2) is 5.54 Å². The molecule has 0 saturated heterocycles. The number of nitrogens with one attached hydrogen (secondary N) is 1. The quantitative estimate of drug-likeness (QED) is 0.885. The highest BCUT2D eigenvalue weighted by molar-refractivity contribution is 5.96. The molecule has 6 nitrogen and oxygen atoms in total. The van der Waals surface area contributed by atoms with Crippen molar-refractivity contribution in [2.45, 2.75) is 19.4 Å². The number of aliphatic carboxylic acids is 1. The van der Waals surface area contributed by atoms with Gasteiger partial charge in [-0.25, -0.2) is 4.79 Å². The maximum Gasteiger partial charge on any atom is 0.333 e. The summed E-state index contributed by atoms with van der Waals surface area (Å²) < 4.78 is 4.83. The number of aromatic nitrogens is 1. The Labute approximate surface area is 115 Å². The molecule has 20 heavy (non-hydrogen) atoms. The van der Waals surface area contributed by atoms with Gasteiger partial charge in [-0.05, 0) is 19.4 Å². The van der Waals surface area contributed by atoms with Crippen LogP contribution in [0, 0.1) is 6.92 Å². The largest absolute Gasteiger partial charge is 0.479 e.